The molecule has 0 aliphatic heterocycles. The smallest absolute Gasteiger partial charge is 0.334 e. The van der Waals surface area contributed by atoms with Crippen LogP contribution in [0.25, 0.3) is 0 Å². The molecule has 0 atom stereocenters. The molecule has 0 fully saturated rings. The summed E-state index contributed by atoms with van der Waals surface area (Å²) in [5.41, 5.74) is 0.478. The molecule has 0 bridgehead atoms. The van der Waals surface area contributed by atoms with Gasteiger partial charge in [0.15, 0.2) is 0 Å². The minimum atomic E-state index is -0.276. The number of hydrogen-bond donors (Lipinski definition) is 0. The zero-order valence-corrected chi connectivity index (χ0v) is 15.2. The number of ether oxygens (including phenoxy) is 1. The Kier molecular flexibility index (Phi) is 14.5. The van der Waals surface area contributed by atoms with Gasteiger partial charge in [-0.3, -0.25) is 4.90 Å². The van der Waals surface area contributed by atoms with Gasteiger partial charge < -0.3 is 4.74 Å². The number of hydrogen-bond acceptors (Lipinski definition) is 3. The van der Waals surface area contributed by atoms with Crippen LogP contribution >= 0.6 is 0 Å². The zero-order chi connectivity index (χ0) is 16.6. The average Bonchev–Trinajstić information content (AvgIpc) is 2.50. The van der Waals surface area contributed by atoms with Crippen molar-refractivity contribution >= 4 is 5.97 Å². The van der Waals surface area contributed by atoms with Gasteiger partial charge in [0.1, 0.15) is 6.73 Å². The van der Waals surface area contributed by atoms with Crippen LogP contribution in [0, 0.1) is 0 Å². The van der Waals surface area contributed by atoms with Crippen molar-refractivity contribution in [2.24, 2.45) is 0 Å². The van der Waals surface area contributed by atoms with E-state index >= 15 is 0 Å². The third kappa shape index (κ3) is 12.9. The standard InChI is InChI=1S/C19H37NO2/c1-5-7-9-11-13-15-20(16-14-12-10-8-6-2)17-22-19(21)18(3)4/h3,5-17H2,1-2,4H3. The largest absolute Gasteiger partial charge is 0.446 e. The lowest BCUT2D eigenvalue weighted by Gasteiger charge is -2.22. The fourth-order valence-electron chi connectivity index (χ4n) is 2.39. The molecule has 0 aromatic rings. The van der Waals surface area contributed by atoms with Gasteiger partial charge in [-0.15, -0.1) is 0 Å². The maximum Gasteiger partial charge on any atom is 0.334 e. The molecular weight excluding hydrogens is 274 g/mol. The number of unbranched alkanes of at least 4 members (excludes halogenated alkanes) is 8. The minimum absolute atomic E-state index is 0.276. The topological polar surface area (TPSA) is 29.5 Å². The van der Waals surface area contributed by atoms with E-state index in [1.165, 1.54) is 64.2 Å². The Morgan fingerprint density at radius 1 is 0.864 bits per heavy atom. The summed E-state index contributed by atoms with van der Waals surface area (Å²) < 4.78 is 5.31. The lowest BCUT2D eigenvalue weighted by atomic mass is 10.1. The van der Waals surface area contributed by atoms with Crippen molar-refractivity contribution in [1.29, 1.82) is 0 Å². The van der Waals surface area contributed by atoms with Crippen LogP contribution in [0.2, 0.25) is 0 Å². The summed E-state index contributed by atoms with van der Waals surface area (Å²) in [7, 11) is 0. The van der Waals surface area contributed by atoms with Gasteiger partial charge in [-0.1, -0.05) is 71.8 Å². The van der Waals surface area contributed by atoms with Gasteiger partial charge in [0, 0.05) is 18.7 Å². The molecule has 0 aromatic heterocycles. The number of rotatable bonds is 15. The Morgan fingerprint density at radius 2 is 1.32 bits per heavy atom. The maximum atomic E-state index is 11.5. The van der Waals surface area contributed by atoms with E-state index in [9.17, 15) is 4.79 Å². The van der Waals surface area contributed by atoms with E-state index in [4.69, 9.17) is 4.74 Å². The van der Waals surface area contributed by atoms with Crippen molar-refractivity contribution in [2.75, 3.05) is 19.8 Å². The molecule has 0 heterocycles. The molecule has 0 amide bonds. The molecule has 0 radical (unpaired) electrons. The van der Waals surface area contributed by atoms with Crippen LogP contribution in [0.3, 0.4) is 0 Å². The van der Waals surface area contributed by atoms with Gasteiger partial charge in [0.05, 0.1) is 0 Å². The number of carbonyl (C=O) groups is 1. The van der Waals surface area contributed by atoms with E-state index in [0.29, 0.717) is 12.3 Å². The third-order valence-corrected chi connectivity index (χ3v) is 3.88. The van der Waals surface area contributed by atoms with Gasteiger partial charge in [-0.2, -0.15) is 0 Å². The molecule has 0 aliphatic carbocycles. The summed E-state index contributed by atoms with van der Waals surface area (Å²) in [6, 6.07) is 0. The average molecular weight is 312 g/mol. The number of nitrogens with zero attached hydrogens (tertiary/aromatic N) is 1. The summed E-state index contributed by atoms with van der Waals surface area (Å²) in [5.74, 6) is -0.276. The number of carbonyl (C=O) groups excluding carboxylic acids is 1. The predicted molar refractivity (Wildman–Crippen MR) is 94.9 cm³/mol. The lowest BCUT2D eigenvalue weighted by molar-refractivity contribution is -0.143. The summed E-state index contributed by atoms with van der Waals surface area (Å²) >= 11 is 0. The van der Waals surface area contributed by atoms with Crippen molar-refractivity contribution in [1.82, 2.24) is 4.90 Å². The molecule has 130 valence electrons. The Hall–Kier alpha value is -0.830. The third-order valence-electron chi connectivity index (χ3n) is 3.88. The van der Waals surface area contributed by atoms with Crippen molar-refractivity contribution < 1.29 is 9.53 Å². The van der Waals surface area contributed by atoms with E-state index in [-0.39, 0.29) is 5.97 Å². The Labute approximate surface area is 138 Å². The van der Waals surface area contributed by atoms with Crippen LogP contribution in [0.1, 0.15) is 85.0 Å². The molecular formula is C19H37NO2. The first-order valence-corrected chi connectivity index (χ1v) is 9.16. The summed E-state index contributed by atoms with van der Waals surface area (Å²) in [4.78, 5) is 13.8. The van der Waals surface area contributed by atoms with Gasteiger partial charge >= 0.3 is 5.97 Å². The first kappa shape index (κ1) is 21.2. The van der Waals surface area contributed by atoms with Crippen LogP contribution < -0.4 is 0 Å². The molecule has 3 nitrogen and oxygen atoms in total. The summed E-state index contributed by atoms with van der Waals surface area (Å²) in [6.07, 6.45) is 12.7. The van der Waals surface area contributed by atoms with Crippen molar-refractivity contribution in [2.45, 2.75) is 85.0 Å². The fraction of sp³-hybridized carbons (Fsp3) is 0.842. The Morgan fingerprint density at radius 3 is 1.73 bits per heavy atom. The summed E-state index contributed by atoms with van der Waals surface area (Å²) in [6.45, 7) is 12.3. The fourth-order valence-corrected chi connectivity index (χ4v) is 2.39. The second-order valence-corrected chi connectivity index (χ2v) is 6.29. The molecule has 0 aromatic carbocycles. The molecule has 22 heavy (non-hydrogen) atoms. The van der Waals surface area contributed by atoms with Crippen LogP contribution in [-0.4, -0.2) is 30.7 Å². The lowest BCUT2D eigenvalue weighted by Crippen LogP contribution is -2.30. The van der Waals surface area contributed by atoms with Gasteiger partial charge in [-0.25, -0.2) is 4.79 Å². The SMILES string of the molecule is C=C(C)C(=O)OCN(CCCCCCC)CCCCCCC. The molecule has 0 rings (SSSR count). The van der Waals surface area contributed by atoms with Crippen molar-refractivity contribution in [3.05, 3.63) is 12.2 Å². The highest BCUT2D eigenvalue weighted by Crippen LogP contribution is 2.08. The first-order valence-electron chi connectivity index (χ1n) is 9.16. The molecule has 0 N–H and O–H groups in total. The van der Waals surface area contributed by atoms with E-state index < -0.39 is 0 Å². The molecule has 0 saturated carbocycles. The van der Waals surface area contributed by atoms with E-state index in [2.05, 4.69) is 25.3 Å². The molecule has 0 saturated heterocycles. The maximum absolute atomic E-state index is 11.5. The highest BCUT2D eigenvalue weighted by molar-refractivity contribution is 5.86. The zero-order valence-electron chi connectivity index (χ0n) is 15.2. The van der Waals surface area contributed by atoms with E-state index in [1.54, 1.807) is 6.92 Å². The van der Waals surface area contributed by atoms with Crippen LogP contribution in [-0.2, 0) is 9.53 Å². The second-order valence-electron chi connectivity index (χ2n) is 6.29. The summed E-state index contributed by atoms with van der Waals surface area (Å²) in [5, 5.41) is 0. The molecule has 3 heteroatoms. The van der Waals surface area contributed by atoms with Crippen molar-refractivity contribution in [3.8, 4) is 0 Å². The van der Waals surface area contributed by atoms with E-state index in [0.717, 1.165) is 13.1 Å². The Bertz CT molecular complexity index is 275. The highest BCUT2D eigenvalue weighted by atomic mass is 16.5. The van der Waals surface area contributed by atoms with Gasteiger partial charge in [0.25, 0.3) is 0 Å². The quantitative estimate of drug-likeness (QED) is 0.178. The predicted octanol–water partition coefficient (Wildman–Crippen LogP) is 5.31. The van der Waals surface area contributed by atoms with E-state index in [1.807, 2.05) is 0 Å². The van der Waals surface area contributed by atoms with Crippen LogP contribution in [0.5, 0.6) is 0 Å². The van der Waals surface area contributed by atoms with Crippen LogP contribution in [0.4, 0.5) is 0 Å². The minimum Gasteiger partial charge on any atom is -0.446 e. The first-order chi connectivity index (χ1) is 10.6. The van der Waals surface area contributed by atoms with Gasteiger partial charge in [0.2, 0.25) is 0 Å². The van der Waals surface area contributed by atoms with Gasteiger partial charge in [-0.05, 0) is 19.8 Å². The molecule has 0 unspecified atom stereocenters. The highest BCUT2D eigenvalue weighted by Gasteiger charge is 2.09. The molecule has 0 spiro atoms. The monoisotopic (exact) mass is 311 g/mol. The van der Waals surface area contributed by atoms with Crippen molar-refractivity contribution in [3.63, 3.8) is 0 Å². The Balaban J connectivity index is 3.96. The number of esters is 1. The van der Waals surface area contributed by atoms with Crippen LogP contribution in [0.15, 0.2) is 12.2 Å². The second kappa shape index (κ2) is 15.1. The normalized spacial score (nSPS) is 10.9. The molecule has 0 aliphatic rings.